The lowest BCUT2D eigenvalue weighted by atomic mass is 9.96. The van der Waals surface area contributed by atoms with Gasteiger partial charge in [0, 0.05) is 10.9 Å². The highest BCUT2D eigenvalue weighted by Crippen LogP contribution is 2.20. The van der Waals surface area contributed by atoms with E-state index < -0.39 is 17.4 Å². The predicted molar refractivity (Wildman–Crippen MR) is 56.1 cm³/mol. The largest absolute Gasteiger partial charge is 0.479 e. The van der Waals surface area contributed by atoms with Crippen LogP contribution in [0, 0.1) is 5.82 Å². The second-order valence-corrected chi connectivity index (χ2v) is 4.41. The Balaban J connectivity index is 2.95. The molecule has 1 atom stereocenters. The van der Waals surface area contributed by atoms with Gasteiger partial charge in [0.05, 0.1) is 0 Å². The Morgan fingerprint density at radius 1 is 1.60 bits per heavy atom. The number of halogens is 2. The molecule has 1 rings (SSSR count). The van der Waals surface area contributed by atoms with E-state index in [0.717, 1.165) is 6.92 Å². The molecule has 1 aromatic carbocycles. The third-order valence-corrected chi connectivity index (χ3v) is 2.50. The molecule has 0 saturated carbocycles. The Labute approximate surface area is 94.7 Å². The Morgan fingerprint density at radius 3 is 2.67 bits per heavy atom. The van der Waals surface area contributed by atoms with Gasteiger partial charge in [-0.05, 0) is 24.6 Å². The molecule has 0 aromatic heterocycles. The summed E-state index contributed by atoms with van der Waals surface area (Å²) >= 11 is 3.09. The van der Waals surface area contributed by atoms with E-state index in [0.29, 0.717) is 4.47 Å². The van der Waals surface area contributed by atoms with Crippen LogP contribution in [-0.2, 0) is 11.2 Å². The van der Waals surface area contributed by atoms with Crippen molar-refractivity contribution in [1.29, 1.82) is 0 Å². The first-order valence-electron chi connectivity index (χ1n) is 4.22. The number of aliphatic hydroxyl groups is 1. The van der Waals surface area contributed by atoms with Gasteiger partial charge in [0.15, 0.2) is 5.60 Å². The molecule has 1 unspecified atom stereocenters. The van der Waals surface area contributed by atoms with Crippen LogP contribution in [0.5, 0.6) is 0 Å². The smallest absolute Gasteiger partial charge is 0.335 e. The van der Waals surface area contributed by atoms with Crippen molar-refractivity contribution in [2.24, 2.45) is 0 Å². The molecule has 0 amide bonds. The van der Waals surface area contributed by atoms with E-state index in [-0.39, 0.29) is 12.0 Å². The SMILES string of the molecule is CC(O)(Cc1ccc(Br)cc1F)C(=O)O. The molecule has 3 nitrogen and oxygen atoms in total. The van der Waals surface area contributed by atoms with Crippen molar-refractivity contribution in [3.05, 3.63) is 34.1 Å². The summed E-state index contributed by atoms with van der Waals surface area (Å²) in [5.41, 5.74) is -1.78. The van der Waals surface area contributed by atoms with Crippen LogP contribution in [-0.4, -0.2) is 21.8 Å². The maximum Gasteiger partial charge on any atom is 0.335 e. The van der Waals surface area contributed by atoms with Crippen LogP contribution in [0.15, 0.2) is 22.7 Å². The van der Waals surface area contributed by atoms with E-state index >= 15 is 0 Å². The maximum atomic E-state index is 13.3. The van der Waals surface area contributed by atoms with Crippen molar-refractivity contribution in [2.45, 2.75) is 18.9 Å². The summed E-state index contributed by atoms with van der Waals surface area (Å²) < 4.78 is 13.9. The van der Waals surface area contributed by atoms with E-state index in [2.05, 4.69) is 15.9 Å². The third kappa shape index (κ3) is 3.00. The second kappa shape index (κ2) is 4.28. The van der Waals surface area contributed by atoms with Gasteiger partial charge in [0.25, 0.3) is 0 Å². The highest BCUT2D eigenvalue weighted by molar-refractivity contribution is 9.10. The van der Waals surface area contributed by atoms with Gasteiger partial charge in [-0.15, -0.1) is 0 Å². The first-order valence-corrected chi connectivity index (χ1v) is 5.02. The van der Waals surface area contributed by atoms with Crippen LogP contribution in [0.1, 0.15) is 12.5 Å². The van der Waals surface area contributed by atoms with Crippen molar-refractivity contribution in [1.82, 2.24) is 0 Å². The monoisotopic (exact) mass is 276 g/mol. The maximum absolute atomic E-state index is 13.3. The molecule has 0 aliphatic rings. The lowest BCUT2D eigenvalue weighted by Crippen LogP contribution is -2.37. The molecule has 0 radical (unpaired) electrons. The van der Waals surface area contributed by atoms with Gasteiger partial charge >= 0.3 is 5.97 Å². The normalized spacial score (nSPS) is 14.7. The van der Waals surface area contributed by atoms with Gasteiger partial charge in [-0.1, -0.05) is 22.0 Å². The van der Waals surface area contributed by atoms with E-state index in [1.54, 1.807) is 6.07 Å². The molecule has 5 heteroatoms. The summed E-state index contributed by atoms with van der Waals surface area (Å²) in [5.74, 6) is -1.91. The average molecular weight is 277 g/mol. The average Bonchev–Trinajstić information content (AvgIpc) is 2.09. The molecule has 0 spiro atoms. The van der Waals surface area contributed by atoms with Gasteiger partial charge < -0.3 is 10.2 Å². The summed E-state index contributed by atoms with van der Waals surface area (Å²) in [4.78, 5) is 10.6. The summed E-state index contributed by atoms with van der Waals surface area (Å²) in [5, 5.41) is 18.1. The van der Waals surface area contributed by atoms with Crippen LogP contribution in [0.2, 0.25) is 0 Å². The van der Waals surface area contributed by atoms with Crippen LogP contribution >= 0.6 is 15.9 Å². The third-order valence-electron chi connectivity index (χ3n) is 2.01. The van der Waals surface area contributed by atoms with Gasteiger partial charge in [-0.3, -0.25) is 0 Å². The van der Waals surface area contributed by atoms with E-state index in [1.165, 1.54) is 12.1 Å². The van der Waals surface area contributed by atoms with Gasteiger partial charge in [0.2, 0.25) is 0 Å². The van der Waals surface area contributed by atoms with E-state index in [9.17, 15) is 14.3 Å². The molecular weight excluding hydrogens is 267 g/mol. The van der Waals surface area contributed by atoms with Gasteiger partial charge in [0.1, 0.15) is 5.82 Å². The Kier molecular flexibility index (Phi) is 3.46. The molecule has 1 aromatic rings. The van der Waals surface area contributed by atoms with E-state index in [4.69, 9.17) is 5.11 Å². The minimum Gasteiger partial charge on any atom is -0.479 e. The first kappa shape index (κ1) is 12.1. The number of hydrogen-bond donors (Lipinski definition) is 2. The lowest BCUT2D eigenvalue weighted by molar-refractivity contribution is -0.156. The van der Waals surface area contributed by atoms with Crippen molar-refractivity contribution < 1.29 is 19.4 Å². The molecule has 2 N–H and O–H groups in total. The summed E-state index contributed by atoms with van der Waals surface area (Å²) in [6, 6.07) is 4.26. The Bertz CT molecular complexity index is 390. The number of aliphatic carboxylic acids is 1. The van der Waals surface area contributed by atoms with Gasteiger partial charge in [-0.2, -0.15) is 0 Å². The van der Waals surface area contributed by atoms with Gasteiger partial charge in [-0.25, -0.2) is 9.18 Å². The predicted octanol–water partition coefficient (Wildman–Crippen LogP) is 1.97. The van der Waals surface area contributed by atoms with Crippen LogP contribution in [0.3, 0.4) is 0 Å². The Hall–Kier alpha value is -0.940. The molecule has 0 heterocycles. The number of carboxylic acids is 1. The van der Waals surface area contributed by atoms with Crippen LogP contribution < -0.4 is 0 Å². The number of hydrogen-bond acceptors (Lipinski definition) is 2. The second-order valence-electron chi connectivity index (χ2n) is 3.49. The zero-order chi connectivity index (χ0) is 11.6. The molecule has 0 saturated heterocycles. The molecule has 0 bridgehead atoms. The zero-order valence-corrected chi connectivity index (χ0v) is 9.58. The fourth-order valence-electron chi connectivity index (χ4n) is 1.11. The summed E-state index contributed by atoms with van der Waals surface area (Å²) in [6.45, 7) is 1.14. The van der Waals surface area contributed by atoms with Crippen LogP contribution in [0.25, 0.3) is 0 Å². The molecule has 0 aliphatic carbocycles. The number of carbonyl (C=O) groups is 1. The Morgan fingerprint density at radius 2 is 2.20 bits per heavy atom. The zero-order valence-electron chi connectivity index (χ0n) is 8.00. The topological polar surface area (TPSA) is 57.5 Å². The minimum absolute atomic E-state index is 0.172. The molecule has 0 fully saturated rings. The number of benzene rings is 1. The number of rotatable bonds is 3. The van der Waals surface area contributed by atoms with Crippen molar-refractivity contribution >= 4 is 21.9 Å². The quantitative estimate of drug-likeness (QED) is 0.888. The standard InChI is InChI=1S/C10H10BrFO3/c1-10(15,9(13)14)5-6-2-3-7(11)4-8(6)12/h2-4,15H,5H2,1H3,(H,13,14). The molecular formula is C10H10BrFO3. The molecule has 15 heavy (non-hydrogen) atoms. The van der Waals surface area contributed by atoms with Crippen LogP contribution in [0.4, 0.5) is 4.39 Å². The molecule has 82 valence electrons. The number of carboxylic acid groups (broad SMARTS) is 1. The fraction of sp³-hybridized carbons (Fsp3) is 0.300. The summed E-state index contributed by atoms with van der Waals surface area (Å²) in [6.07, 6.45) is -0.262. The molecule has 0 aliphatic heterocycles. The van der Waals surface area contributed by atoms with Crippen molar-refractivity contribution in [2.75, 3.05) is 0 Å². The highest BCUT2D eigenvalue weighted by Gasteiger charge is 2.31. The highest BCUT2D eigenvalue weighted by atomic mass is 79.9. The fourth-order valence-corrected chi connectivity index (χ4v) is 1.44. The van der Waals surface area contributed by atoms with Crippen molar-refractivity contribution in [3.8, 4) is 0 Å². The first-order chi connectivity index (χ1) is 6.83. The lowest BCUT2D eigenvalue weighted by Gasteiger charge is -2.18. The van der Waals surface area contributed by atoms with Crippen molar-refractivity contribution in [3.63, 3.8) is 0 Å². The summed E-state index contributed by atoms with van der Waals surface area (Å²) in [7, 11) is 0. The minimum atomic E-state index is -1.95. The van der Waals surface area contributed by atoms with E-state index in [1.807, 2.05) is 0 Å².